The maximum Gasteiger partial charge on any atom is 0.360 e. The fourth-order valence-electron chi connectivity index (χ4n) is 0.530. The van der Waals surface area contributed by atoms with Gasteiger partial charge in [0, 0.05) is 5.57 Å². The van der Waals surface area contributed by atoms with Crippen LogP contribution in [0.4, 0.5) is 0 Å². The summed E-state index contributed by atoms with van der Waals surface area (Å²) < 4.78 is 4.52. The first kappa shape index (κ1) is 10.6. The van der Waals surface area contributed by atoms with E-state index in [-0.39, 0.29) is 17.9 Å². The zero-order chi connectivity index (χ0) is 9.56. The van der Waals surface area contributed by atoms with Crippen LogP contribution in [0, 0.1) is 0 Å². The van der Waals surface area contributed by atoms with Crippen molar-refractivity contribution in [3.63, 3.8) is 0 Å². The van der Waals surface area contributed by atoms with Crippen molar-refractivity contribution in [3.8, 4) is 0 Å². The average Bonchev–Trinajstić information content (AvgIpc) is 2.06. The van der Waals surface area contributed by atoms with E-state index in [4.69, 9.17) is 10.3 Å². The Labute approximate surface area is 70.0 Å². The van der Waals surface area contributed by atoms with Crippen molar-refractivity contribution < 1.29 is 19.8 Å². The molecule has 12 heavy (non-hydrogen) atoms. The van der Waals surface area contributed by atoms with Crippen LogP contribution in [-0.2, 0) is 9.53 Å². The standard InChI is InChI=1S/C7H11NO4/c1-3-12-7(10)6(8-11)5(2)4-9/h9,11H,2-4H2,1H3/b8-6-. The van der Waals surface area contributed by atoms with Gasteiger partial charge < -0.3 is 15.1 Å². The second kappa shape index (κ2) is 5.31. The van der Waals surface area contributed by atoms with Gasteiger partial charge in [0.15, 0.2) is 5.71 Å². The van der Waals surface area contributed by atoms with E-state index in [2.05, 4.69) is 16.5 Å². The number of nitrogens with zero attached hydrogens (tertiary/aromatic N) is 1. The molecule has 0 unspecified atom stereocenters. The summed E-state index contributed by atoms with van der Waals surface area (Å²) in [5.74, 6) is -0.793. The second-order valence-corrected chi connectivity index (χ2v) is 1.93. The first-order chi connectivity index (χ1) is 5.67. The Hall–Kier alpha value is -1.36. The summed E-state index contributed by atoms with van der Waals surface area (Å²) in [6.45, 7) is 4.66. The van der Waals surface area contributed by atoms with E-state index in [9.17, 15) is 4.79 Å². The number of rotatable bonds is 4. The monoisotopic (exact) mass is 173 g/mol. The predicted molar refractivity (Wildman–Crippen MR) is 42.1 cm³/mol. The molecule has 68 valence electrons. The molecule has 5 nitrogen and oxygen atoms in total. The Morgan fingerprint density at radius 3 is 2.58 bits per heavy atom. The van der Waals surface area contributed by atoms with Gasteiger partial charge >= 0.3 is 5.97 Å². The topological polar surface area (TPSA) is 79.1 Å². The molecule has 0 amide bonds. The van der Waals surface area contributed by atoms with Crippen molar-refractivity contribution in [1.82, 2.24) is 0 Å². The van der Waals surface area contributed by atoms with Gasteiger partial charge in [0.2, 0.25) is 0 Å². The highest BCUT2D eigenvalue weighted by Gasteiger charge is 2.15. The molecule has 0 aliphatic heterocycles. The predicted octanol–water partition coefficient (Wildman–Crippen LogP) is -0.0718. The number of aliphatic hydroxyl groups is 1. The molecule has 0 radical (unpaired) electrons. The number of hydrogen-bond acceptors (Lipinski definition) is 5. The fraction of sp³-hybridized carbons (Fsp3) is 0.429. The van der Waals surface area contributed by atoms with Crippen LogP contribution in [0.5, 0.6) is 0 Å². The van der Waals surface area contributed by atoms with Crippen LogP contribution in [0.1, 0.15) is 6.92 Å². The Balaban J connectivity index is 4.37. The molecule has 0 aliphatic rings. The van der Waals surface area contributed by atoms with Gasteiger partial charge in [0.25, 0.3) is 0 Å². The van der Waals surface area contributed by atoms with Crippen molar-refractivity contribution in [2.45, 2.75) is 6.92 Å². The van der Waals surface area contributed by atoms with Gasteiger partial charge in [-0.2, -0.15) is 0 Å². The summed E-state index contributed by atoms with van der Waals surface area (Å²) in [7, 11) is 0. The molecule has 0 saturated heterocycles. The minimum absolute atomic E-state index is 0.0240. The van der Waals surface area contributed by atoms with Crippen LogP contribution in [0.25, 0.3) is 0 Å². The quantitative estimate of drug-likeness (QED) is 0.270. The molecule has 2 N–H and O–H groups in total. The highest BCUT2D eigenvalue weighted by atomic mass is 16.5. The zero-order valence-corrected chi connectivity index (χ0v) is 6.78. The van der Waals surface area contributed by atoms with Crippen molar-refractivity contribution in [3.05, 3.63) is 12.2 Å². The van der Waals surface area contributed by atoms with Gasteiger partial charge in [-0.3, -0.25) is 0 Å². The van der Waals surface area contributed by atoms with E-state index >= 15 is 0 Å². The SMILES string of the molecule is C=C(CO)/C(=N/O)C(=O)OCC. The number of aliphatic hydroxyl groups excluding tert-OH is 1. The van der Waals surface area contributed by atoms with Crippen molar-refractivity contribution in [2.24, 2.45) is 5.16 Å². The zero-order valence-electron chi connectivity index (χ0n) is 6.78. The normalized spacial score (nSPS) is 11.0. The number of carbonyl (C=O) groups excluding carboxylic acids is 1. The molecule has 0 bridgehead atoms. The lowest BCUT2D eigenvalue weighted by molar-refractivity contribution is -0.135. The van der Waals surface area contributed by atoms with Gasteiger partial charge in [-0.25, -0.2) is 4.79 Å². The molecule has 0 aromatic rings. The lowest BCUT2D eigenvalue weighted by Gasteiger charge is -2.03. The molecule has 0 aromatic heterocycles. The third-order valence-corrected chi connectivity index (χ3v) is 1.09. The van der Waals surface area contributed by atoms with Crippen LogP contribution in [0.2, 0.25) is 0 Å². The summed E-state index contributed by atoms with van der Waals surface area (Å²) in [5.41, 5.74) is -0.324. The van der Waals surface area contributed by atoms with Crippen molar-refractivity contribution in [1.29, 1.82) is 0 Å². The van der Waals surface area contributed by atoms with E-state index in [0.29, 0.717) is 0 Å². The molecule has 0 saturated carbocycles. The molecule has 0 aliphatic carbocycles. The van der Waals surface area contributed by atoms with Crippen molar-refractivity contribution in [2.75, 3.05) is 13.2 Å². The molecule has 5 heteroatoms. The van der Waals surface area contributed by atoms with Gasteiger partial charge in [0.1, 0.15) is 0 Å². The average molecular weight is 173 g/mol. The van der Waals surface area contributed by atoms with Gasteiger partial charge in [-0.05, 0) is 6.92 Å². The van der Waals surface area contributed by atoms with E-state index in [0.717, 1.165) is 0 Å². The Bertz CT molecular complexity index is 209. The van der Waals surface area contributed by atoms with E-state index < -0.39 is 12.6 Å². The Morgan fingerprint density at radius 1 is 1.67 bits per heavy atom. The summed E-state index contributed by atoms with van der Waals surface area (Å²) in [6.07, 6.45) is 0. The molecule has 0 aromatic carbocycles. The van der Waals surface area contributed by atoms with Crippen LogP contribution < -0.4 is 0 Å². The van der Waals surface area contributed by atoms with E-state index in [1.54, 1.807) is 6.92 Å². The maximum atomic E-state index is 10.9. The molecule has 0 rings (SSSR count). The Kier molecular flexibility index (Phi) is 4.71. The first-order valence-corrected chi connectivity index (χ1v) is 3.35. The summed E-state index contributed by atoms with van der Waals surface area (Å²) in [5, 5.41) is 19.6. The maximum absolute atomic E-state index is 10.9. The van der Waals surface area contributed by atoms with Crippen LogP contribution >= 0.6 is 0 Å². The molecule has 0 heterocycles. The summed E-state index contributed by atoms with van der Waals surface area (Å²) >= 11 is 0. The number of ether oxygens (including phenoxy) is 1. The first-order valence-electron chi connectivity index (χ1n) is 3.35. The lowest BCUT2D eigenvalue weighted by Crippen LogP contribution is -2.20. The third kappa shape index (κ3) is 2.71. The molecule has 0 spiro atoms. The van der Waals surface area contributed by atoms with Gasteiger partial charge in [0.05, 0.1) is 13.2 Å². The van der Waals surface area contributed by atoms with E-state index in [1.165, 1.54) is 0 Å². The van der Waals surface area contributed by atoms with E-state index in [1.807, 2.05) is 0 Å². The molecular formula is C7H11NO4. The largest absolute Gasteiger partial charge is 0.461 e. The third-order valence-electron chi connectivity index (χ3n) is 1.09. The molecule has 0 atom stereocenters. The fourth-order valence-corrected chi connectivity index (χ4v) is 0.530. The van der Waals surface area contributed by atoms with Crippen LogP contribution in [-0.4, -0.2) is 35.2 Å². The number of esters is 1. The van der Waals surface area contributed by atoms with Crippen LogP contribution in [0.15, 0.2) is 17.3 Å². The highest BCUT2D eigenvalue weighted by Crippen LogP contribution is 1.96. The lowest BCUT2D eigenvalue weighted by atomic mass is 10.2. The van der Waals surface area contributed by atoms with Gasteiger partial charge in [-0.15, -0.1) is 0 Å². The summed E-state index contributed by atoms with van der Waals surface area (Å²) in [6, 6.07) is 0. The molecule has 0 fully saturated rings. The number of oxime groups is 1. The van der Waals surface area contributed by atoms with Crippen molar-refractivity contribution >= 4 is 11.7 Å². The second-order valence-electron chi connectivity index (χ2n) is 1.93. The number of carbonyl (C=O) groups is 1. The number of hydrogen-bond donors (Lipinski definition) is 2. The van der Waals surface area contributed by atoms with Gasteiger partial charge in [-0.1, -0.05) is 11.7 Å². The summed E-state index contributed by atoms with van der Waals surface area (Å²) in [4.78, 5) is 10.9. The Morgan fingerprint density at radius 2 is 2.25 bits per heavy atom. The minimum atomic E-state index is -0.793. The molecular weight excluding hydrogens is 162 g/mol. The smallest absolute Gasteiger partial charge is 0.360 e. The van der Waals surface area contributed by atoms with Crippen LogP contribution in [0.3, 0.4) is 0 Å². The highest BCUT2D eigenvalue weighted by molar-refractivity contribution is 6.42. The minimum Gasteiger partial charge on any atom is -0.461 e.